The largest absolute Gasteiger partial charge is 0.365 e. The Morgan fingerprint density at radius 1 is 1.33 bits per heavy atom. The highest BCUT2D eigenvalue weighted by Gasteiger charge is 2.11. The van der Waals surface area contributed by atoms with Gasteiger partial charge in [-0.25, -0.2) is 0 Å². The fraction of sp³-hybridized carbons (Fsp3) is 0.125. The second-order valence-corrected chi connectivity index (χ2v) is 5.11. The lowest BCUT2D eigenvalue weighted by Crippen LogP contribution is -2.12. The van der Waals surface area contributed by atoms with E-state index < -0.39 is 5.91 Å². The predicted octanol–water partition coefficient (Wildman–Crippen LogP) is 3.14. The van der Waals surface area contributed by atoms with Crippen molar-refractivity contribution in [3.63, 3.8) is 0 Å². The van der Waals surface area contributed by atoms with Gasteiger partial charge in [0.2, 0.25) is 0 Å². The van der Waals surface area contributed by atoms with Gasteiger partial charge in [-0.05, 0) is 55.8 Å². The normalized spacial score (nSPS) is 11.2. The molecule has 0 saturated carbocycles. The molecule has 2 rings (SSSR count). The van der Waals surface area contributed by atoms with Crippen molar-refractivity contribution in [3.8, 4) is 11.8 Å². The number of primary amides is 1. The minimum absolute atomic E-state index is 0.0636. The molecule has 0 bridgehead atoms. The first kappa shape index (κ1) is 14.9. The van der Waals surface area contributed by atoms with E-state index in [4.69, 9.17) is 22.6 Å². The molecule has 1 aromatic carbocycles. The summed E-state index contributed by atoms with van der Waals surface area (Å²) in [7, 11) is 0. The molecule has 2 N–H and O–H groups in total. The summed E-state index contributed by atoms with van der Waals surface area (Å²) in [5.74, 6) is -0.728. The Bertz CT molecular complexity index is 764. The number of hydrogen-bond donors (Lipinski definition) is 1. The van der Waals surface area contributed by atoms with Gasteiger partial charge in [0, 0.05) is 22.1 Å². The molecule has 0 saturated heterocycles. The maximum Gasteiger partial charge on any atom is 0.259 e. The van der Waals surface area contributed by atoms with Crippen LogP contribution in [0.2, 0.25) is 5.02 Å². The zero-order valence-electron chi connectivity index (χ0n) is 11.7. The summed E-state index contributed by atoms with van der Waals surface area (Å²) >= 11 is 5.90. The standard InChI is InChI=1S/C16H14ClN3O/c1-10-7-12(8-13(9-18)16(19)21)11(2)20(10)15-5-3-14(17)4-6-15/h3-8H,1-2H3,(H2,19,21)/b13-8+. The van der Waals surface area contributed by atoms with Crippen LogP contribution in [-0.2, 0) is 4.79 Å². The van der Waals surface area contributed by atoms with E-state index >= 15 is 0 Å². The molecule has 5 heteroatoms. The van der Waals surface area contributed by atoms with E-state index in [1.165, 1.54) is 6.08 Å². The molecule has 1 aromatic heterocycles. The van der Waals surface area contributed by atoms with Crippen molar-refractivity contribution in [1.82, 2.24) is 4.57 Å². The van der Waals surface area contributed by atoms with Crippen LogP contribution in [0, 0.1) is 25.2 Å². The Balaban J connectivity index is 2.55. The molecule has 0 atom stereocenters. The smallest absolute Gasteiger partial charge is 0.259 e. The molecule has 106 valence electrons. The van der Waals surface area contributed by atoms with Crippen molar-refractivity contribution in [2.24, 2.45) is 5.73 Å². The fourth-order valence-electron chi connectivity index (χ4n) is 2.24. The van der Waals surface area contributed by atoms with Crippen LogP contribution in [0.3, 0.4) is 0 Å². The number of benzene rings is 1. The number of amides is 1. The number of carbonyl (C=O) groups is 1. The van der Waals surface area contributed by atoms with E-state index in [-0.39, 0.29) is 5.57 Å². The molecule has 0 aliphatic carbocycles. The third kappa shape index (κ3) is 2.99. The first-order chi connectivity index (χ1) is 9.93. The Morgan fingerprint density at radius 3 is 2.48 bits per heavy atom. The van der Waals surface area contributed by atoms with Crippen molar-refractivity contribution >= 4 is 23.6 Å². The second-order valence-electron chi connectivity index (χ2n) is 4.67. The van der Waals surface area contributed by atoms with Crippen LogP contribution in [-0.4, -0.2) is 10.5 Å². The van der Waals surface area contributed by atoms with Gasteiger partial charge in [-0.2, -0.15) is 5.26 Å². The van der Waals surface area contributed by atoms with E-state index in [0.717, 1.165) is 22.6 Å². The maximum atomic E-state index is 11.2. The maximum absolute atomic E-state index is 11.2. The first-order valence-electron chi connectivity index (χ1n) is 6.30. The van der Waals surface area contributed by atoms with Crippen LogP contribution < -0.4 is 5.73 Å². The minimum atomic E-state index is -0.728. The highest BCUT2D eigenvalue weighted by Crippen LogP contribution is 2.23. The van der Waals surface area contributed by atoms with Gasteiger partial charge in [0.15, 0.2) is 0 Å². The number of hydrogen-bond acceptors (Lipinski definition) is 2. The van der Waals surface area contributed by atoms with Gasteiger partial charge in [-0.1, -0.05) is 11.6 Å². The van der Waals surface area contributed by atoms with Gasteiger partial charge in [-0.15, -0.1) is 0 Å². The fourth-order valence-corrected chi connectivity index (χ4v) is 2.36. The number of aryl methyl sites for hydroxylation is 1. The molecule has 0 spiro atoms. The van der Waals surface area contributed by atoms with E-state index in [0.29, 0.717) is 5.02 Å². The summed E-state index contributed by atoms with van der Waals surface area (Å²) in [6, 6.07) is 11.2. The molecule has 1 heterocycles. The van der Waals surface area contributed by atoms with E-state index in [2.05, 4.69) is 0 Å². The number of halogens is 1. The number of aromatic nitrogens is 1. The molecule has 4 nitrogen and oxygen atoms in total. The van der Waals surface area contributed by atoms with Crippen molar-refractivity contribution < 1.29 is 4.79 Å². The monoisotopic (exact) mass is 299 g/mol. The van der Waals surface area contributed by atoms with Crippen LogP contribution in [0.15, 0.2) is 35.9 Å². The molecule has 0 unspecified atom stereocenters. The van der Waals surface area contributed by atoms with Crippen molar-refractivity contribution in [2.75, 3.05) is 0 Å². The quantitative estimate of drug-likeness (QED) is 0.698. The Morgan fingerprint density at radius 2 is 1.95 bits per heavy atom. The molecular weight excluding hydrogens is 286 g/mol. The summed E-state index contributed by atoms with van der Waals surface area (Å²) < 4.78 is 2.03. The molecule has 0 aliphatic rings. The van der Waals surface area contributed by atoms with Crippen molar-refractivity contribution in [3.05, 3.63) is 57.9 Å². The SMILES string of the molecule is Cc1cc(/C=C(\C#N)C(N)=O)c(C)n1-c1ccc(Cl)cc1. The lowest BCUT2D eigenvalue weighted by Gasteiger charge is -2.09. The average molecular weight is 300 g/mol. The Hall–Kier alpha value is -2.51. The summed E-state index contributed by atoms with van der Waals surface area (Å²) in [5, 5.41) is 9.60. The molecule has 0 fully saturated rings. The predicted molar refractivity (Wildman–Crippen MR) is 83.0 cm³/mol. The number of rotatable bonds is 3. The number of nitrogens with two attached hydrogens (primary N) is 1. The van der Waals surface area contributed by atoms with Gasteiger partial charge in [0.1, 0.15) is 11.6 Å². The third-order valence-corrected chi connectivity index (χ3v) is 3.49. The lowest BCUT2D eigenvalue weighted by atomic mass is 10.1. The topological polar surface area (TPSA) is 71.8 Å². The third-order valence-electron chi connectivity index (χ3n) is 3.24. The molecular formula is C16H14ClN3O. The summed E-state index contributed by atoms with van der Waals surface area (Å²) in [6.45, 7) is 3.87. The number of nitrogens with zero attached hydrogens (tertiary/aromatic N) is 2. The number of nitriles is 1. The van der Waals surface area contributed by atoms with E-state index in [9.17, 15) is 4.79 Å². The summed E-state index contributed by atoms with van der Waals surface area (Å²) in [4.78, 5) is 11.2. The van der Waals surface area contributed by atoms with E-state index in [1.54, 1.807) is 0 Å². The van der Waals surface area contributed by atoms with Crippen molar-refractivity contribution in [1.29, 1.82) is 5.26 Å². The van der Waals surface area contributed by atoms with Gasteiger partial charge in [-0.3, -0.25) is 4.79 Å². The van der Waals surface area contributed by atoms with Crippen LogP contribution in [0.1, 0.15) is 17.0 Å². The van der Waals surface area contributed by atoms with Gasteiger partial charge in [0.05, 0.1) is 0 Å². The van der Waals surface area contributed by atoms with Crippen LogP contribution in [0.5, 0.6) is 0 Å². The van der Waals surface area contributed by atoms with Crippen LogP contribution in [0.4, 0.5) is 0 Å². The molecule has 1 amide bonds. The molecule has 2 aromatic rings. The lowest BCUT2D eigenvalue weighted by molar-refractivity contribution is -0.114. The highest BCUT2D eigenvalue weighted by molar-refractivity contribution is 6.30. The Labute approximate surface area is 128 Å². The minimum Gasteiger partial charge on any atom is -0.365 e. The molecule has 21 heavy (non-hydrogen) atoms. The summed E-state index contributed by atoms with van der Waals surface area (Å²) in [5.41, 5.74) is 8.77. The molecule has 0 radical (unpaired) electrons. The van der Waals surface area contributed by atoms with Crippen molar-refractivity contribution in [2.45, 2.75) is 13.8 Å². The van der Waals surface area contributed by atoms with Gasteiger partial charge >= 0.3 is 0 Å². The summed E-state index contributed by atoms with van der Waals surface area (Å²) in [6.07, 6.45) is 1.51. The Kier molecular flexibility index (Phi) is 4.15. The van der Waals surface area contributed by atoms with Gasteiger partial charge < -0.3 is 10.3 Å². The molecule has 0 aliphatic heterocycles. The van der Waals surface area contributed by atoms with Crippen LogP contribution >= 0.6 is 11.6 Å². The first-order valence-corrected chi connectivity index (χ1v) is 6.68. The highest BCUT2D eigenvalue weighted by atomic mass is 35.5. The van der Waals surface area contributed by atoms with E-state index in [1.807, 2.05) is 54.8 Å². The zero-order chi connectivity index (χ0) is 15.6. The van der Waals surface area contributed by atoms with Gasteiger partial charge in [0.25, 0.3) is 5.91 Å². The average Bonchev–Trinajstić information content (AvgIpc) is 2.71. The zero-order valence-corrected chi connectivity index (χ0v) is 12.5. The number of carbonyl (C=O) groups excluding carboxylic acids is 1. The second kappa shape index (κ2) is 5.86. The van der Waals surface area contributed by atoms with Crippen LogP contribution in [0.25, 0.3) is 11.8 Å².